The van der Waals surface area contributed by atoms with Crippen molar-refractivity contribution in [3.63, 3.8) is 0 Å². The van der Waals surface area contributed by atoms with Crippen molar-refractivity contribution in [3.05, 3.63) is 77.4 Å². The molecular formula is C23H23N3O4. The van der Waals surface area contributed by atoms with Crippen LogP contribution in [0.4, 0.5) is 0 Å². The monoisotopic (exact) mass is 405 g/mol. The molecule has 30 heavy (non-hydrogen) atoms. The van der Waals surface area contributed by atoms with Gasteiger partial charge < -0.3 is 19.1 Å². The summed E-state index contributed by atoms with van der Waals surface area (Å²) in [6.07, 6.45) is 5.63. The second-order valence-corrected chi connectivity index (χ2v) is 7.00. The van der Waals surface area contributed by atoms with E-state index in [1.165, 1.54) is 5.56 Å². The van der Waals surface area contributed by atoms with E-state index in [9.17, 15) is 4.79 Å². The molecule has 0 N–H and O–H groups in total. The van der Waals surface area contributed by atoms with E-state index in [1.807, 2.05) is 29.2 Å². The van der Waals surface area contributed by atoms with Gasteiger partial charge in [0.05, 0.1) is 37.9 Å². The average Bonchev–Trinajstić information content (AvgIpc) is 2.82. The van der Waals surface area contributed by atoms with E-state index in [4.69, 9.17) is 14.2 Å². The summed E-state index contributed by atoms with van der Waals surface area (Å²) in [5.41, 5.74) is 3.66. The lowest BCUT2D eigenvalue weighted by Gasteiger charge is -2.29. The molecule has 0 radical (unpaired) electrons. The van der Waals surface area contributed by atoms with Gasteiger partial charge in [0.25, 0.3) is 5.91 Å². The van der Waals surface area contributed by atoms with Crippen LogP contribution in [0.25, 0.3) is 0 Å². The van der Waals surface area contributed by atoms with Gasteiger partial charge in [-0.25, -0.2) is 0 Å². The van der Waals surface area contributed by atoms with Crippen LogP contribution >= 0.6 is 0 Å². The highest BCUT2D eigenvalue weighted by atomic mass is 16.5. The number of rotatable bonds is 6. The molecule has 0 bridgehead atoms. The zero-order chi connectivity index (χ0) is 20.9. The second kappa shape index (κ2) is 8.82. The quantitative estimate of drug-likeness (QED) is 0.627. The summed E-state index contributed by atoms with van der Waals surface area (Å²) in [5.74, 6) is 1.98. The third kappa shape index (κ3) is 4.35. The molecule has 7 heteroatoms. The Kier molecular flexibility index (Phi) is 5.79. The van der Waals surface area contributed by atoms with E-state index >= 15 is 0 Å². The highest BCUT2D eigenvalue weighted by Gasteiger charge is 2.23. The van der Waals surface area contributed by atoms with Crippen LogP contribution in [-0.4, -0.2) is 41.5 Å². The fourth-order valence-electron chi connectivity index (χ4n) is 3.40. The number of fused-ring (bicyclic) bond motifs is 1. The molecule has 1 aliphatic heterocycles. The van der Waals surface area contributed by atoms with Crippen molar-refractivity contribution in [2.75, 3.05) is 20.8 Å². The van der Waals surface area contributed by atoms with Crippen LogP contribution in [0.5, 0.6) is 17.2 Å². The molecule has 0 fully saturated rings. The topological polar surface area (TPSA) is 73.8 Å². The lowest BCUT2D eigenvalue weighted by atomic mass is 9.99. The van der Waals surface area contributed by atoms with Crippen molar-refractivity contribution in [3.8, 4) is 17.2 Å². The predicted octanol–water partition coefficient (Wildman–Crippen LogP) is 3.27. The number of benzene rings is 1. The van der Waals surface area contributed by atoms with Gasteiger partial charge in [0.15, 0.2) is 0 Å². The highest BCUT2D eigenvalue weighted by Crippen LogP contribution is 2.26. The van der Waals surface area contributed by atoms with Crippen LogP contribution in [0.2, 0.25) is 0 Å². The summed E-state index contributed by atoms with van der Waals surface area (Å²) < 4.78 is 16.2. The molecule has 154 valence electrons. The fourth-order valence-corrected chi connectivity index (χ4v) is 3.40. The molecule has 0 unspecified atom stereocenters. The molecule has 0 aliphatic carbocycles. The molecule has 4 rings (SSSR count). The molecule has 0 atom stereocenters. The van der Waals surface area contributed by atoms with Crippen LogP contribution < -0.4 is 14.2 Å². The standard InChI is InChI=1S/C23H23N3O4/c1-28-21-6-4-19(25-13-21)15-30-20-5-3-16-7-8-26(14-18(16)10-20)23(27)17-9-22(29-2)12-24-11-17/h3-6,9-13H,7-8,14-15H2,1-2H3. The number of amides is 1. The summed E-state index contributed by atoms with van der Waals surface area (Å²) in [6.45, 7) is 1.56. The normalized spacial score (nSPS) is 12.8. The number of hydrogen-bond donors (Lipinski definition) is 0. The average molecular weight is 405 g/mol. The van der Waals surface area contributed by atoms with E-state index in [1.54, 1.807) is 38.9 Å². The molecule has 1 aliphatic rings. The van der Waals surface area contributed by atoms with Crippen molar-refractivity contribution in [2.45, 2.75) is 19.6 Å². The zero-order valence-corrected chi connectivity index (χ0v) is 17.0. The van der Waals surface area contributed by atoms with Gasteiger partial charge in [0.1, 0.15) is 23.9 Å². The van der Waals surface area contributed by atoms with Gasteiger partial charge in [-0.3, -0.25) is 14.8 Å². The number of pyridine rings is 2. The minimum atomic E-state index is -0.0548. The Balaban J connectivity index is 1.44. The predicted molar refractivity (Wildman–Crippen MR) is 111 cm³/mol. The second-order valence-electron chi connectivity index (χ2n) is 7.00. The first-order valence-corrected chi connectivity index (χ1v) is 9.68. The summed E-state index contributed by atoms with van der Waals surface area (Å²) >= 11 is 0. The maximum atomic E-state index is 12.9. The summed E-state index contributed by atoms with van der Waals surface area (Å²) in [5, 5.41) is 0. The van der Waals surface area contributed by atoms with Gasteiger partial charge in [0, 0.05) is 19.3 Å². The Labute approximate surface area is 175 Å². The minimum Gasteiger partial charge on any atom is -0.495 e. The lowest BCUT2D eigenvalue weighted by Crippen LogP contribution is -2.36. The van der Waals surface area contributed by atoms with Crippen LogP contribution in [0.15, 0.2) is 55.0 Å². The fraction of sp³-hybridized carbons (Fsp3) is 0.261. The van der Waals surface area contributed by atoms with E-state index in [-0.39, 0.29) is 5.91 Å². The lowest BCUT2D eigenvalue weighted by molar-refractivity contribution is 0.0733. The first-order chi connectivity index (χ1) is 14.7. The van der Waals surface area contributed by atoms with E-state index in [0.717, 1.165) is 23.4 Å². The van der Waals surface area contributed by atoms with Gasteiger partial charge in [-0.05, 0) is 47.9 Å². The molecule has 0 saturated heterocycles. The van der Waals surface area contributed by atoms with E-state index in [2.05, 4.69) is 16.0 Å². The number of ether oxygens (including phenoxy) is 3. The molecule has 2 aromatic heterocycles. The van der Waals surface area contributed by atoms with Crippen molar-refractivity contribution in [1.82, 2.24) is 14.9 Å². The number of carbonyl (C=O) groups excluding carboxylic acids is 1. The largest absolute Gasteiger partial charge is 0.495 e. The van der Waals surface area contributed by atoms with Gasteiger partial charge in [0.2, 0.25) is 0 Å². The van der Waals surface area contributed by atoms with E-state index in [0.29, 0.717) is 36.8 Å². The zero-order valence-electron chi connectivity index (χ0n) is 17.0. The summed E-state index contributed by atoms with van der Waals surface area (Å²) in [4.78, 5) is 23.1. The minimum absolute atomic E-state index is 0.0548. The van der Waals surface area contributed by atoms with Crippen molar-refractivity contribution in [2.24, 2.45) is 0 Å². The highest BCUT2D eigenvalue weighted by molar-refractivity contribution is 5.94. The molecule has 1 amide bonds. The number of hydrogen-bond acceptors (Lipinski definition) is 6. The SMILES string of the molecule is COc1ccc(COc2ccc3c(c2)CN(C(=O)c2cncc(OC)c2)CC3)nc1. The Bertz CT molecular complexity index is 1040. The first-order valence-electron chi connectivity index (χ1n) is 9.68. The summed E-state index contributed by atoms with van der Waals surface area (Å²) in [6, 6.07) is 11.5. The van der Waals surface area contributed by atoms with E-state index < -0.39 is 0 Å². The van der Waals surface area contributed by atoms with Crippen molar-refractivity contribution >= 4 is 5.91 Å². The van der Waals surface area contributed by atoms with Crippen LogP contribution in [-0.2, 0) is 19.6 Å². The molecular weight excluding hydrogens is 382 g/mol. The van der Waals surface area contributed by atoms with Crippen LogP contribution in [0.1, 0.15) is 27.2 Å². The van der Waals surface area contributed by atoms with Crippen LogP contribution in [0.3, 0.4) is 0 Å². The maximum absolute atomic E-state index is 12.9. The Hall–Kier alpha value is -3.61. The molecule has 7 nitrogen and oxygen atoms in total. The third-order valence-electron chi connectivity index (χ3n) is 5.09. The third-order valence-corrected chi connectivity index (χ3v) is 5.09. The van der Waals surface area contributed by atoms with Gasteiger partial charge >= 0.3 is 0 Å². The maximum Gasteiger partial charge on any atom is 0.255 e. The number of carbonyl (C=O) groups is 1. The van der Waals surface area contributed by atoms with Gasteiger partial charge in [-0.1, -0.05) is 6.07 Å². The molecule has 1 aromatic carbocycles. The number of aromatic nitrogens is 2. The summed E-state index contributed by atoms with van der Waals surface area (Å²) in [7, 11) is 3.17. The molecule has 0 spiro atoms. The number of methoxy groups -OCH3 is 2. The van der Waals surface area contributed by atoms with Gasteiger partial charge in [-0.15, -0.1) is 0 Å². The van der Waals surface area contributed by atoms with Crippen LogP contribution in [0, 0.1) is 0 Å². The molecule has 0 saturated carbocycles. The Morgan fingerprint density at radius 2 is 1.80 bits per heavy atom. The first kappa shape index (κ1) is 19.7. The smallest absolute Gasteiger partial charge is 0.255 e. The Morgan fingerprint density at radius 3 is 2.57 bits per heavy atom. The van der Waals surface area contributed by atoms with Crippen molar-refractivity contribution < 1.29 is 19.0 Å². The molecule has 3 aromatic rings. The van der Waals surface area contributed by atoms with Gasteiger partial charge in [-0.2, -0.15) is 0 Å². The molecule has 3 heterocycles. The van der Waals surface area contributed by atoms with Crippen molar-refractivity contribution in [1.29, 1.82) is 0 Å². The number of nitrogens with zero attached hydrogens (tertiary/aromatic N) is 3. The Morgan fingerprint density at radius 1 is 0.967 bits per heavy atom.